The lowest BCUT2D eigenvalue weighted by atomic mass is 9.93. The summed E-state index contributed by atoms with van der Waals surface area (Å²) in [5.74, 6) is -0.222. The van der Waals surface area contributed by atoms with E-state index in [0.29, 0.717) is 12.5 Å². The summed E-state index contributed by atoms with van der Waals surface area (Å²) in [5.41, 5.74) is 1.06. The van der Waals surface area contributed by atoms with Gasteiger partial charge in [-0.3, -0.25) is 0 Å². The summed E-state index contributed by atoms with van der Waals surface area (Å²) in [4.78, 5) is 2.18. The van der Waals surface area contributed by atoms with Crippen molar-refractivity contribution in [2.75, 3.05) is 26.7 Å². The Kier molecular flexibility index (Phi) is 4.27. The lowest BCUT2D eigenvalue weighted by Crippen LogP contribution is -2.48. The topological polar surface area (TPSA) is 40.6 Å². The first-order valence-electron chi connectivity index (χ1n) is 7.80. The summed E-state index contributed by atoms with van der Waals surface area (Å²) in [7, 11) is -1.45. The lowest BCUT2D eigenvalue weighted by Gasteiger charge is -2.36. The van der Waals surface area contributed by atoms with Gasteiger partial charge < -0.3 is 4.90 Å². The second-order valence-corrected chi connectivity index (χ2v) is 8.55. The standard InChI is InChI=1S/C16H23FN2O2S/c1-12-3-4-14(15(17)9-12)11-22(20,21)19-8-6-13-5-7-18(2)10-16(13)19/h3-4,9,13,16H,5-8,10-11H2,1-2H3/t13-,16-/m1/s1. The van der Waals surface area contributed by atoms with Crippen LogP contribution in [0.1, 0.15) is 24.0 Å². The van der Waals surface area contributed by atoms with Crippen LogP contribution in [0, 0.1) is 18.7 Å². The molecule has 6 heteroatoms. The molecule has 0 aromatic heterocycles. The number of sulfonamides is 1. The summed E-state index contributed by atoms with van der Waals surface area (Å²) in [6.07, 6.45) is 1.97. The average molecular weight is 326 g/mol. The van der Waals surface area contributed by atoms with E-state index in [4.69, 9.17) is 0 Å². The van der Waals surface area contributed by atoms with Crippen LogP contribution in [0.3, 0.4) is 0 Å². The van der Waals surface area contributed by atoms with Gasteiger partial charge in [0.05, 0.1) is 5.75 Å². The molecule has 0 spiro atoms. The highest BCUT2D eigenvalue weighted by Gasteiger charge is 2.43. The second-order valence-electron chi connectivity index (χ2n) is 6.63. The van der Waals surface area contributed by atoms with Crippen molar-refractivity contribution in [1.29, 1.82) is 0 Å². The first-order chi connectivity index (χ1) is 10.4. The lowest BCUT2D eigenvalue weighted by molar-refractivity contribution is 0.165. The van der Waals surface area contributed by atoms with Gasteiger partial charge in [0.25, 0.3) is 0 Å². The number of halogens is 1. The monoisotopic (exact) mass is 326 g/mol. The number of fused-ring (bicyclic) bond motifs is 1. The Labute approximate surface area is 132 Å². The van der Waals surface area contributed by atoms with E-state index >= 15 is 0 Å². The number of hydrogen-bond acceptors (Lipinski definition) is 3. The third kappa shape index (κ3) is 3.05. The van der Waals surface area contributed by atoms with E-state index in [-0.39, 0.29) is 17.4 Å². The van der Waals surface area contributed by atoms with Crippen LogP contribution in [-0.2, 0) is 15.8 Å². The number of aryl methyl sites for hydroxylation is 1. The van der Waals surface area contributed by atoms with Crippen LogP contribution in [0.15, 0.2) is 18.2 Å². The van der Waals surface area contributed by atoms with Crippen molar-refractivity contribution in [2.24, 2.45) is 5.92 Å². The van der Waals surface area contributed by atoms with E-state index in [9.17, 15) is 12.8 Å². The molecule has 1 aromatic carbocycles. The van der Waals surface area contributed by atoms with E-state index in [1.165, 1.54) is 6.07 Å². The first kappa shape index (κ1) is 15.9. The fraction of sp³-hybridized carbons (Fsp3) is 0.625. The van der Waals surface area contributed by atoms with Gasteiger partial charge in [0.1, 0.15) is 5.82 Å². The molecule has 2 heterocycles. The Morgan fingerprint density at radius 3 is 2.73 bits per heavy atom. The summed E-state index contributed by atoms with van der Waals surface area (Å²) in [6, 6.07) is 4.79. The van der Waals surface area contributed by atoms with Gasteiger partial charge in [0.2, 0.25) is 10.0 Å². The molecule has 2 fully saturated rings. The van der Waals surface area contributed by atoms with Crippen LogP contribution < -0.4 is 0 Å². The third-order valence-electron chi connectivity index (χ3n) is 4.92. The number of nitrogens with zero attached hydrogens (tertiary/aromatic N) is 2. The molecule has 2 aliphatic heterocycles. The van der Waals surface area contributed by atoms with Gasteiger partial charge in [-0.2, -0.15) is 4.31 Å². The number of hydrogen-bond donors (Lipinski definition) is 0. The van der Waals surface area contributed by atoms with Crippen LogP contribution in [0.2, 0.25) is 0 Å². The number of piperidine rings is 1. The van der Waals surface area contributed by atoms with Crippen LogP contribution in [0.4, 0.5) is 4.39 Å². The Morgan fingerprint density at radius 1 is 1.27 bits per heavy atom. The molecular formula is C16H23FN2O2S. The summed E-state index contributed by atoms with van der Waals surface area (Å²) in [6.45, 7) is 4.17. The molecule has 2 saturated heterocycles. The largest absolute Gasteiger partial charge is 0.305 e. The summed E-state index contributed by atoms with van der Waals surface area (Å²) < 4.78 is 41.1. The summed E-state index contributed by atoms with van der Waals surface area (Å²) in [5, 5.41) is 0. The molecule has 2 aliphatic rings. The van der Waals surface area contributed by atoms with Crippen molar-refractivity contribution in [3.63, 3.8) is 0 Å². The van der Waals surface area contributed by atoms with E-state index in [1.807, 2.05) is 7.05 Å². The fourth-order valence-electron chi connectivity index (χ4n) is 3.65. The normalized spacial score (nSPS) is 27.0. The van der Waals surface area contributed by atoms with E-state index in [0.717, 1.165) is 31.5 Å². The molecule has 3 rings (SSSR count). The quantitative estimate of drug-likeness (QED) is 0.853. The van der Waals surface area contributed by atoms with E-state index < -0.39 is 15.8 Å². The highest BCUT2D eigenvalue weighted by Crippen LogP contribution is 2.34. The van der Waals surface area contributed by atoms with Gasteiger partial charge in [0, 0.05) is 24.7 Å². The van der Waals surface area contributed by atoms with Crippen molar-refractivity contribution in [3.05, 3.63) is 35.1 Å². The smallest absolute Gasteiger partial charge is 0.218 e. The van der Waals surface area contributed by atoms with Crippen molar-refractivity contribution in [3.8, 4) is 0 Å². The van der Waals surface area contributed by atoms with Crippen molar-refractivity contribution in [2.45, 2.75) is 31.6 Å². The fourth-order valence-corrected chi connectivity index (χ4v) is 5.48. The van der Waals surface area contributed by atoms with E-state index in [1.54, 1.807) is 23.4 Å². The Balaban J connectivity index is 1.80. The van der Waals surface area contributed by atoms with Gasteiger partial charge in [-0.05, 0) is 50.9 Å². The average Bonchev–Trinajstić information content (AvgIpc) is 2.85. The molecule has 4 nitrogen and oxygen atoms in total. The van der Waals surface area contributed by atoms with E-state index in [2.05, 4.69) is 4.90 Å². The Morgan fingerprint density at radius 2 is 2.00 bits per heavy atom. The predicted octanol–water partition coefficient (Wildman–Crippen LogP) is 1.99. The second kappa shape index (κ2) is 5.91. The zero-order valence-electron chi connectivity index (χ0n) is 13.1. The zero-order valence-corrected chi connectivity index (χ0v) is 13.9. The minimum absolute atomic E-state index is 0.0530. The van der Waals surface area contributed by atoms with Gasteiger partial charge in [-0.15, -0.1) is 0 Å². The minimum Gasteiger partial charge on any atom is -0.305 e. The summed E-state index contributed by atoms with van der Waals surface area (Å²) >= 11 is 0. The minimum atomic E-state index is -3.48. The number of benzene rings is 1. The van der Waals surface area contributed by atoms with Crippen LogP contribution in [0.25, 0.3) is 0 Å². The van der Waals surface area contributed by atoms with Crippen LogP contribution in [0.5, 0.6) is 0 Å². The highest BCUT2D eigenvalue weighted by molar-refractivity contribution is 7.88. The Hall–Kier alpha value is -0.980. The Bertz CT molecular complexity index is 662. The van der Waals surface area contributed by atoms with Gasteiger partial charge in [-0.25, -0.2) is 12.8 Å². The molecule has 122 valence electrons. The molecule has 0 unspecified atom stereocenters. The number of likely N-dealkylation sites (N-methyl/N-ethyl adjacent to an activating group) is 1. The number of likely N-dealkylation sites (tertiary alicyclic amines) is 1. The molecule has 2 atom stereocenters. The third-order valence-corrected chi connectivity index (χ3v) is 6.76. The highest BCUT2D eigenvalue weighted by atomic mass is 32.2. The SMILES string of the molecule is Cc1ccc(CS(=O)(=O)N2CC[C@H]3CCN(C)C[C@H]32)c(F)c1. The predicted molar refractivity (Wildman–Crippen MR) is 84.5 cm³/mol. The molecule has 0 N–H and O–H groups in total. The number of rotatable bonds is 3. The van der Waals surface area contributed by atoms with Crippen molar-refractivity contribution in [1.82, 2.24) is 9.21 Å². The van der Waals surface area contributed by atoms with Crippen LogP contribution in [-0.4, -0.2) is 50.3 Å². The zero-order chi connectivity index (χ0) is 15.9. The molecule has 0 amide bonds. The van der Waals surface area contributed by atoms with Gasteiger partial charge in [0.15, 0.2) is 0 Å². The maximum absolute atomic E-state index is 14.0. The molecule has 0 radical (unpaired) electrons. The molecular weight excluding hydrogens is 303 g/mol. The van der Waals surface area contributed by atoms with Crippen molar-refractivity contribution < 1.29 is 12.8 Å². The molecule has 22 heavy (non-hydrogen) atoms. The molecule has 0 saturated carbocycles. The molecule has 0 aliphatic carbocycles. The van der Waals surface area contributed by atoms with Gasteiger partial charge in [-0.1, -0.05) is 12.1 Å². The maximum Gasteiger partial charge on any atom is 0.218 e. The first-order valence-corrected chi connectivity index (χ1v) is 9.41. The van der Waals surface area contributed by atoms with Crippen LogP contribution >= 0.6 is 0 Å². The molecule has 1 aromatic rings. The molecule has 0 bridgehead atoms. The maximum atomic E-state index is 14.0. The van der Waals surface area contributed by atoms with Crippen molar-refractivity contribution >= 4 is 10.0 Å². The van der Waals surface area contributed by atoms with Gasteiger partial charge >= 0.3 is 0 Å².